The number of para-hydroxylation sites is 1. The van der Waals surface area contributed by atoms with Gasteiger partial charge in [-0.1, -0.05) is 12.1 Å². The van der Waals surface area contributed by atoms with Gasteiger partial charge in [0, 0.05) is 31.1 Å². The van der Waals surface area contributed by atoms with Gasteiger partial charge >= 0.3 is 6.09 Å². The quantitative estimate of drug-likeness (QED) is 0.794. The molecule has 2 heterocycles. The zero-order valence-corrected chi connectivity index (χ0v) is 17.4. The lowest BCUT2D eigenvalue weighted by Gasteiger charge is -2.39. The summed E-state index contributed by atoms with van der Waals surface area (Å²) >= 11 is 0. The lowest BCUT2D eigenvalue weighted by molar-refractivity contribution is -0.133. The molecule has 0 aliphatic carbocycles. The average molecular weight is 414 g/mol. The van der Waals surface area contributed by atoms with Gasteiger partial charge in [0.05, 0.1) is 31.3 Å². The minimum atomic E-state index is -0.701. The standard InChI is InChI=1S/C21H26N4O5/c1-4-30-21(28)25-10-9-24(12-13(25)2)17(26)11-16-18(20(22)27)19(29-3)14-7-5-6-8-15(14)23-16/h5-8,13H,4,9-12H2,1-3H3,(H2,22,27). The van der Waals surface area contributed by atoms with Crippen molar-refractivity contribution in [3.63, 3.8) is 0 Å². The van der Waals surface area contributed by atoms with Crippen molar-refractivity contribution in [3.8, 4) is 5.75 Å². The van der Waals surface area contributed by atoms with Crippen molar-refractivity contribution in [1.29, 1.82) is 0 Å². The number of fused-ring (bicyclic) bond motifs is 1. The highest BCUT2D eigenvalue weighted by molar-refractivity contribution is 6.03. The fraction of sp³-hybridized carbons (Fsp3) is 0.429. The van der Waals surface area contributed by atoms with Gasteiger partial charge in [0.2, 0.25) is 5.91 Å². The minimum Gasteiger partial charge on any atom is -0.495 e. The molecule has 1 aromatic heterocycles. The number of carbonyl (C=O) groups is 3. The van der Waals surface area contributed by atoms with Gasteiger partial charge in [0.15, 0.2) is 0 Å². The maximum Gasteiger partial charge on any atom is 0.410 e. The summed E-state index contributed by atoms with van der Waals surface area (Å²) in [5.74, 6) is -0.581. The van der Waals surface area contributed by atoms with E-state index in [0.29, 0.717) is 42.9 Å². The molecular weight excluding hydrogens is 388 g/mol. The summed E-state index contributed by atoms with van der Waals surface area (Å²) in [5, 5.41) is 0.654. The Labute approximate surface area is 174 Å². The number of nitrogens with two attached hydrogens (primary N) is 1. The molecule has 0 radical (unpaired) electrons. The van der Waals surface area contributed by atoms with Gasteiger partial charge < -0.3 is 25.0 Å². The van der Waals surface area contributed by atoms with Crippen LogP contribution in [0.4, 0.5) is 4.79 Å². The highest BCUT2D eigenvalue weighted by atomic mass is 16.6. The third-order valence-corrected chi connectivity index (χ3v) is 5.17. The first-order valence-corrected chi connectivity index (χ1v) is 9.83. The van der Waals surface area contributed by atoms with Crippen LogP contribution in [0.3, 0.4) is 0 Å². The number of carbonyl (C=O) groups excluding carboxylic acids is 3. The van der Waals surface area contributed by atoms with Gasteiger partial charge in [-0.3, -0.25) is 14.6 Å². The van der Waals surface area contributed by atoms with Crippen molar-refractivity contribution in [2.45, 2.75) is 26.3 Å². The van der Waals surface area contributed by atoms with E-state index < -0.39 is 5.91 Å². The molecule has 1 aromatic carbocycles. The number of hydrogen-bond acceptors (Lipinski definition) is 6. The third kappa shape index (κ3) is 4.14. The van der Waals surface area contributed by atoms with E-state index in [0.717, 1.165) is 0 Å². The summed E-state index contributed by atoms with van der Waals surface area (Å²) in [6.45, 7) is 5.04. The molecule has 1 saturated heterocycles. The maximum atomic E-state index is 13.0. The number of amides is 3. The molecule has 1 unspecified atom stereocenters. The van der Waals surface area contributed by atoms with Crippen molar-refractivity contribution in [1.82, 2.24) is 14.8 Å². The van der Waals surface area contributed by atoms with E-state index in [2.05, 4.69) is 4.98 Å². The van der Waals surface area contributed by atoms with E-state index in [-0.39, 0.29) is 35.7 Å². The van der Waals surface area contributed by atoms with Crippen LogP contribution in [0.2, 0.25) is 0 Å². The predicted octanol–water partition coefficient (Wildman–Crippen LogP) is 1.57. The molecule has 2 N–H and O–H groups in total. The molecule has 3 rings (SSSR count). The largest absolute Gasteiger partial charge is 0.495 e. The predicted molar refractivity (Wildman–Crippen MR) is 110 cm³/mol. The van der Waals surface area contributed by atoms with Gasteiger partial charge in [-0.15, -0.1) is 0 Å². The van der Waals surface area contributed by atoms with Crippen LogP contribution in [-0.2, 0) is 16.0 Å². The molecule has 30 heavy (non-hydrogen) atoms. The van der Waals surface area contributed by atoms with Gasteiger partial charge in [0.1, 0.15) is 11.3 Å². The van der Waals surface area contributed by atoms with Gasteiger partial charge in [-0.25, -0.2) is 4.79 Å². The number of aromatic nitrogens is 1. The number of pyridine rings is 1. The fourth-order valence-corrected chi connectivity index (χ4v) is 3.74. The SMILES string of the molecule is CCOC(=O)N1CCN(C(=O)Cc2nc3ccccc3c(OC)c2C(N)=O)CC1C. The Morgan fingerprint density at radius 1 is 1.23 bits per heavy atom. The van der Waals surface area contributed by atoms with Crippen molar-refractivity contribution in [2.75, 3.05) is 33.4 Å². The maximum absolute atomic E-state index is 13.0. The highest BCUT2D eigenvalue weighted by Crippen LogP contribution is 2.31. The molecule has 0 saturated carbocycles. The number of benzene rings is 1. The summed E-state index contributed by atoms with van der Waals surface area (Å²) in [6, 6.07) is 7.02. The Bertz CT molecular complexity index is 977. The van der Waals surface area contributed by atoms with Crippen LogP contribution in [0, 0.1) is 0 Å². The number of ether oxygens (including phenoxy) is 2. The second-order valence-electron chi connectivity index (χ2n) is 7.11. The first-order chi connectivity index (χ1) is 14.4. The van der Waals surface area contributed by atoms with E-state index in [1.165, 1.54) is 7.11 Å². The molecule has 9 heteroatoms. The fourth-order valence-electron chi connectivity index (χ4n) is 3.74. The van der Waals surface area contributed by atoms with Crippen LogP contribution in [0.25, 0.3) is 10.9 Å². The average Bonchev–Trinajstić information content (AvgIpc) is 2.72. The second-order valence-corrected chi connectivity index (χ2v) is 7.11. The van der Waals surface area contributed by atoms with Crippen LogP contribution in [0.5, 0.6) is 5.75 Å². The molecular formula is C21H26N4O5. The molecule has 9 nitrogen and oxygen atoms in total. The summed E-state index contributed by atoms with van der Waals surface area (Å²) in [6.07, 6.45) is -0.472. The molecule has 2 aromatic rings. The molecule has 0 bridgehead atoms. The van der Waals surface area contributed by atoms with Crippen molar-refractivity contribution in [2.24, 2.45) is 5.73 Å². The van der Waals surface area contributed by atoms with E-state index in [4.69, 9.17) is 15.2 Å². The topological polar surface area (TPSA) is 115 Å². The summed E-state index contributed by atoms with van der Waals surface area (Å²) in [5.41, 5.74) is 6.60. The lowest BCUT2D eigenvalue weighted by atomic mass is 10.0. The Balaban J connectivity index is 1.84. The minimum absolute atomic E-state index is 0.0917. The molecule has 1 atom stereocenters. The van der Waals surface area contributed by atoms with Gasteiger partial charge in [-0.2, -0.15) is 0 Å². The first-order valence-electron chi connectivity index (χ1n) is 9.83. The van der Waals surface area contributed by atoms with Crippen molar-refractivity contribution in [3.05, 3.63) is 35.5 Å². The van der Waals surface area contributed by atoms with Crippen molar-refractivity contribution < 1.29 is 23.9 Å². The number of primary amides is 1. The summed E-state index contributed by atoms with van der Waals surface area (Å²) in [4.78, 5) is 44.9. The third-order valence-electron chi connectivity index (χ3n) is 5.17. The van der Waals surface area contributed by atoms with Crippen molar-refractivity contribution >= 4 is 28.8 Å². The number of hydrogen-bond donors (Lipinski definition) is 1. The van der Waals surface area contributed by atoms with Gasteiger partial charge in [0.25, 0.3) is 5.91 Å². The molecule has 160 valence electrons. The Morgan fingerprint density at radius 2 is 1.97 bits per heavy atom. The zero-order valence-electron chi connectivity index (χ0n) is 17.4. The van der Waals surface area contributed by atoms with Crippen LogP contribution in [-0.4, -0.2) is 72.1 Å². The highest BCUT2D eigenvalue weighted by Gasteiger charge is 2.31. The molecule has 0 spiro atoms. The Hall–Kier alpha value is -3.36. The Kier molecular flexibility index (Phi) is 6.39. The van der Waals surface area contributed by atoms with E-state index in [9.17, 15) is 14.4 Å². The monoisotopic (exact) mass is 414 g/mol. The number of piperazine rings is 1. The van der Waals surface area contributed by atoms with E-state index in [1.807, 2.05) is 19.1 Å². The Morgan fingerprint density at radius 3 is 2.60 bits per heavy atom. The second kappa shape index (κ2) is 8.98. The molecule has 3 amide bonds. The molecule has 1 aliphatic rings. The number of methoxy groups -OCH3 is 1. The van der Waals surface area contributed by atoms with Crippen LogP contribution in [0.1, 0.15) is 29.9 Å². The lowest BCUT2D eigenvalue weighted by Crippen LogP contribution is -2.55. The molecule has 1 fully saturated rings. The summed E-state index contributed by atoms with van der Waals surface area (Å²) in [7, 11) is 1.45. The number of rotatable bonds is 5. The zero-order chi connectivity index (χ0) is 21.8. The van der Waals surface area contributed by atoms with Crippen LogP contribution >= 0.6 is 0 Å². The smallest absolute Gasteiger partial charge is 0.410 e. The van der Waals surface area contributed by atoms with Crippen LogP contribution in [0.15, 0.2) is 24.3 Å². The number of nitrogens with zero attached hydrogens (tertiary/aromatic N) is 3. The normalized spacial score (nSPS) is 16.4. The van der Waals surface area contributed by atoms with E-state index in [1.54, 1.807) is 28.9 Å². The summed E-state index contributed by atoms with van der Waals surface area (Å²) < 4.78 is 10.5. The first kappa shape index (κ1) is 21.4. The van der Waals surface area contributed by atoms with Gasteiger partial charge in [-0.05, 0) is 26.0 Å². The van der Waals surface area contributed by atoms with Crippen LogP contribution < -0.4 is 10.5 Å². The van der Waals surface area contributed by atoms with E-state index >= 15 is 0 Å². The molecule has 1 aliphatic heterocycles.